The molecule has 0 aromatic heterocycles. The van der Waals surface area contributed by atoms with E-state index in [0.717, 1.165) is 45.5 Å². The highest BCUT2D eigenvalue weighted by Crippen LogP contribution is 2.31. The number of hydrogen-bond donors (Lipinski definition) is 2. The van der Waals surface area contributed by atoms with Gasteiger partial charge in [-0.25, -0.2) is 0 Å². The number of carbonyl (C=O) groups excluding carboxylic acids is 2. The number of anilines is 1. The first-order chi connectivity index (χ1) is 14.6. The number of hydrogen-bond acceptors (Lipinski definition) is 5. The molecule has 2 saturated heterocycles. The van der Waals surface area contributed by atoms with Crippen molar-refractivity contribution in [2.24, 2.45) is 0 Å². The summed E-state index contributed by atoms with van der Waals surface area (Å²) in [6.45, 7) is 4.74. The Morgan fingerprint density at radius 2 is 1.90 bits per heavy atom. The van der Waals surface area contributed by atoms with Gasteiger partial charge < -0.3 is 20.3 Å². The fourth-order valence-corrected chi connectivity index (χ4v) is 4.89. The van der Waals surface area contributed by atoms with Crippen molar-refractivity contribution < 1.29 is 14.3 Å². The molecule has 3 aliphatic heterocycles. The Kier molecular flexibility index (Phi) is 6.89. The van der Waals surface area contributed by atoms with Gasteiger partial charge in [0.25, 0.3) is 0 Å². The average Bonchev–Trinajstić information content (AvgIpc) is 3.46. The normalized spacial score (nSPS) is 22.6. The number of aryl methyl sites for hydroxylation is 1. The van der Waals surface area contributed by atoms with Gasteiger partial charge >= 0.3 is 11.8 Å². The summed E-state index contributed by atoms with van der Waals surface area (Å²) in [6, 6.07) is 6.80. The van der Waals surface area contributed by atoms with Gasteiger partial charge in [-0.3, -0.25) is 14.5 Å². The number of rotatable bonds is 6. The first-order valence-corrected chi connectivity index (χ1v) is 11.4. The van der Waals surface area contributed by atoms with E-state index in [4.69, 9.17) is 4.74 Å². The van der Waals surface area contributed by atoms with Crippen molar-refractivity contribution >= 4 is 17.5 Å². The number of benzene rings is 1. The van der Waals surface area contributed by atoms with E-state index >= 15 is 0 Å². The van der Waals surface area contributed by atoms with Crippen LogP contribution in [-0.2, 0) is 20.7 Å². The topological polar surface area (TPSA) is 73.9 Å². The van der Waals surface area contributed by atoms with E-state index in [9.17, 15) is 9.59 Å². The molecule has 0 bridgehead atoms. The van der Waals surface area contributed by atoms with E-state index in [1.54, 1.807) is 0 Å². The van der Waals surface area contributed by atoms with Crippen LogP contribution in [0.4, 0.5) is 5.69 Å². The molecule has 2 atom stereocenters. The number of nitrogens with zero attached hydrogens (tertiary/aromatic N) is 2. The quantitative estimate of drug-likeness (QED) is 0.692. The zero-order valence-electron chi connectivity index (χ0n) is 18.0. The van der Waals surface area contributed by atoms with Crippen LogP contribution < -0.4 is 15.5 Å². The predicted octanol–water partition coefficient (Wildman–Crippen LogP) is 1.62. The van der Waals surface area contributed by atoms with Crippen molar-refractivity contribution in [2.45, 2.75) is 50.7 Å². The smallest absolute Gasteiger partial charge is 0.309 e. The number of likely N-dealkylation sites (tertiary alicyclic amines) is 1. The Hall–Kier alpha value is -2.12. The van der Waals surface area contributed by atoms with Crippen LogP contribution in [0.25, 0.3) is 0 Å². The molecule has 30 heavy (non-hydrogen) atoms. The van der Waals surface area contributed by atoms with E-state index in [1.807, 2.05) is 0 Å². The van der Waals surface area contributed by atoms with Crippen molar-refractivity contribution in [3.8, 4) is 0 Å². The number of nitrogens with one attached hydrogen (secondary N) is 2. The first kappa shape index (κ1) is 21.1. The van der Waals surface area contributed by atoms with E-state index in [0.29, 0.717) is 13.1 Å². The van der Waals surface area contributed by atoms with Gasteiger partial charge in [0.1, 0.15) is 0 Å². The van der Waals surface area contributed by atoms with Crippen molar-refractivity contribution in [3.05, 3.63) is 29.3 Å². The zero-order chi connectivity index (χ0) is 20.9. The van der Waals surface area contributed by atoms with Crippen LogP contribution in [-0.4, -0.2) is 69.2 Å². The second-order valence-electron chi connectivity index (χ2n) is 8.73. The molecule has 0 spiro atoms. The van der Waals surface area contributed by atoms with Crippen molar-refractivity contribution in [1.82, 2.24) is 15.5 Å². The molecule has 1 aromatic carbocycles. The summed E-state index contributed by atoms with van der Waals surface area (Å²) in [7, 11) is 2.14. The Balaban J connectivity index is 1.39. The Bertz CT molecular complexity index is 757. The van der Waals surface area contributed by atoms with Crippen LogP contribution in [0, 0.1) is 0 Å². The van der Waals surface area contributed by atoms with Crippen LogP contribution in [0.5, 0.6) is 0 Å². The van der Waals surface area contributed by atoms with E-state index in [-0.39, 0.29) is 12.1 Å². The van der Waals surface area contributed by atoms with Gasteiger partial charge in [0.2, 0.25) is 0 Å². The number of amides is 2. The predicted molar refractivity (Wildman–Crippen MR) is 117 cm³/mol. The minimum absolute atomic E-state index is 0.0349. The Morgan fingerprint density at radius 3 is 2.67 bits per heavy atom. The van der Waals surface area contributed by atoms with Gasteiger partial charge in [0.05, 0.1) is 12.1 Å². The van der Waals surface area contributed by atoms with Crippen molar-refractivity contribution in [3.63, 3.8) is 0 Å². The molecular weight excluding hydrogens is 380 g/mol. The fraction of sp³-hybridized carbons (Fsp3) is 0.652. The maximum absolute atomic E-state index is 12.4. The van der Waals surface area contributed by atoms with Gasteiger partial charge in [0.15, 0.2) is 0 Å². The standard InChI is InChI=1S/C23H34N4O3/c1-26-10-4-6-17-14-18(8-9-20(17)26)21(27-11-2-3-12-27)16-25-23(29)22(28)24-15-19-7-5-13-30-19/h8-9,14,19,21H,2-7,10-13,15-16H2,1H3,(H,24,28)(H,25,29)/t19-,21+/m1/s1. The molecule has 164 valence electrons. The molecule has 2 amide bonds. The van der Waals surface area contributed by atoms with Gasteiger partial charge in [-0.15, -0.1) is 0 Å². The minimum atomic E-state index is -0.572. The van der Waals surface area contributed by atoms with Crippen LogP contribution in [0.15, 0.2) is 18.2 Å². The summed E-state index contributed by atoms with van der Waals surface area (Å²) < 4.78 is 5.50. The summed E-state index contributed by atoms with van der Waals surface area (Å²) in [4.78, 5) is 29.3. The summed E-state index contributed by atoms with van der Waals surface area (Å²) in [6.07, 6.45) is 6.61. The summed E-state index contributed by atoms with van der Waals surface area (Å²) in [5.41, 5.74) is 3.92. The molecule has 0 aliphatic carbocycles. The third-order valence-corrected chi connectivity index (χ3v) is 6.60. The van der Waals surface area contributed by atoms with Gasteiger partial charge in [-0.2, -0.15) is 0 Å². The average molecular weight is 415 g/mol. The highest BCUT2D eigenvalue weighted by molar-refractivity contribution is 6.35. The van der Waals surface area contributed by atoms with E-state index in [1.165, 1.54) is 36.1 Å². The highest BCUT2D eigenvalue weighted by atomic mass is 16.5. The second kappa shape index (κ2) is 9.79. The molecule has 1 aromatic rings. The largest absolute Gasteiger partial charge is 0.376 e. The molecule has 0 radical (unpaired) electrons. The lowest BCUT2D eigenvalue weighted by Crippen LogP contribution is -2.45. The number of fused-ring (bicyclic) bond motifs is 1. The van der Waals surface area contributed by atoms with Crippen LogP contribution in [0.3, 0.4) is 0 Å². The summed E-state index contributed by atoms with van der Waals surface area (Å²) in [5.74, 6) is -1.13. The molecule has 2 N–H and O–H groups in total. The lowest BCUT2D eigenvalue weighted by Gasteiger charge is -2.31. The van der Waals surface area contributed by atoms with Crippen LogP contribution in [0.1, 0.15) is 49.3 Å². The van der Waals surface area contributed by atoms with Crippen LogP contribution in [0.2, 0.25) is 0 Å². The van der Waals surface area contributed by atoms with Crippen molar-refractivity contribution in [2.75, 3.05) is 51.3 Å². The third-order valence-electron chi connectivity index (χ3n) is 6.60. The Labute approximate surface area is 179 Å². The van der Waals surface area contributed by atoms with Crippen molar-refractivity contribution in [1.29, 1.82) is 0 Å². The Morgan fingerprint density at radius 1 is 1.10 bits per heavy atom. The molecule has 3 aliphatic rings. The maximum Gasteiger partial charge on any atom is 0.309 e. The van der Waals surface area contributed by atoms with Gasteiger partial charge in [0, 0.05) is 39.0 Å². The lowest BCUT2D eigenvalue weighted by molar-refractivity contribution is -0.139. The van der Waals surface area contributed by atoms with Gasteiger partial charge in [-0.05, 0) is 68.8 Å². The zero-order valence-corrected chi connectivity index (χ0v) is 18.0. The molecule has 4 rings (SSSR count). The molecule has 3 heterocycles. The first-order valence-electron chi connectivity index (χ1n) is 11.4. The SMILES string of the molecule is CN1CCCc2cc([C@H](CNC(=O)C(=O)NC[C@H]3CCCO3)N3CCCC3)ccc21. The lowest BCUT2D eigenvalue weighted by atomic mass is 9.96. The monoisotopic (exact) mass is 414 g/mol. The summed E-state index contributed by atoms with van der Waals surface area (Å²) in [5, 5.41) is 5.59. The molecule has 0 unspecified atom stereocenters. The molecule has 7 heteroatoms. The van der Waals surface area contributed by atoms with Gasteiger partial charge in [-0.1, -0.05) is 12.1 Å². The fourth-order valence-electron chi connectivity index (χ4n) is 4.89. The van der Waals surface area contributed by atoms with Crippen LogP contribution >= 0.6 is 0 Å². The van der Waals surface area contributed by atoms with E-state index in [2.05, 4.69) is 45.7 Å². The molecule has 2 fully saturated rings. The van der Waals surface area contributed by atoms with E-state index < -0.39 is 11.8 Å². The molecule has 0 saturated carbocycles. The molecule has 7 nitrogen and oxygen atoms in total. The maximum atomic E-state index is 12.4. The summed E-state index contributed by atoms with van der Waals surface area (Å²) >= 11 is 0. The third kappa shape index (κ3) is 4.95. The number of carbonyl (C=O) groups is 2. The highest BCUT2D eigenvalue weighted by Gasteiger charge is 2.27. The molecular formula is C23H34N4O3. The second-order valence-corrected chi connectivity index (χ2v) is 8.73. The number of ether oxygens (including phenoxy) is 1. The minimum Gasteiger partial charge on any atom is -0.376 e.